The molecule has 0 aliphatic heterocycles. The largest absolute Gasteiger partial charge is 0.492 e. The van der Waals surface area contributed by atoms with E-state index in [1.54, 1.807) is 12.1 Å². The molecule has 18 heavy (non-hydrogen) atoms. The van der Waals surface area contributed by atoms with Crippen molar-refractivity contribution in [3.05, 3.63) is 29.3 Å². The van der Waals surface area contributed by atoms with Crippen LogP contribution in [0.2, 0.25) is 0 Å². The third-order valence-corrected chi connectivity index (χ3v) is 2.61. The maximum atomic E-state index is 10.7. The molecule has 1 rings (SSSR count). The molecule has 0 amide bonds. The summed E-state index contributed by atoms with van der Waals surface area (Å²) >= 11 is 0. The first-order chi connectivity index (χ1) is 8.77. The molecule has 2 nitrogen and oxygen atoms in total. The smallest absolute Gasteiger partial charge is 0.150 e. The summed E-state index contributed by atoms with van der Waals surface area (Å²) in [5.74, 6) is 6.99. The predicted molar refractivity (Wildman–Crippen MR) is 74.0 cm³/mol. The van der Waals surface area contributed by atoms with E-state index in [-0.39, 0.29) is 0 Å². The second kappa shape index (κ2) is 8.36. The van der Waals surface area contributed by atoms with E-state index in [0.717, 1.165) is 36.9 Å². The van der Waals surface area contributed by atoms with Crippen LogP contribution >= 0.6 is 0 Å². The number of aryl methyl sites for hydroxylation is 1. The van der Waals surface area contributed by atoms with Gasteiger partial charge in [0.2, 0.25) is 0 Å². The van der Waals surface area contributed by atoms with Crippen LogP contribution in [0.3, 0.4) is 0 Å². The number of carbonyl (C=O) groups excluding carboxylic acids is 1. The number of aldehydes is 1. The van der Waals surface area contributed by atoms with Gasteiger partial charge in [0.05, 0.1) is 6.61 Å². The number of unbranched alkanes of at least 4 members (excludes halogenated alkanes) is 2. The molecule has 96 valence electrons. The molecular formula is C16H20O2. The van der Waals surface area contributed by atoms with Crippen LogP contribution in [0.5, 0.6) is 5.75 Å². The lowest BCUT2D eigenvalue weighted by Crippen LogP contribution is -1.98. The third kappa shape index (κ3) is 5.05. The quantitative estimate of drug-likeness (QED) is 0.432. The van der Waals surface area contributed by atoms with Gasteiger partial charge in [-0.05, 0) is 25.0 Å². The summed E-state index contributed by atoms with van der Waals surface area (Å²) in [6.45, 7) is 4.70. The highest BCUT2D eigenvalue weighted by Gasteiger charge is 2.00. The molecule has 0 saturated carbocycles. The number of hydrogen-bond acceptors (Lipinski definition) is 2. The minimum atomic E-state index is 0.572. The lowest BCUT2D eigenvalue weighted by molar-refractivity contribution is 0.112. The Kier molecular flexibility index (Phi) is 6.64. The predicted octanol–water partition coefficient (Wildman–Crippen LogP) is 3.77. The number of benzene rings is 1. The van der Waals surface area contributed by atoms with Gasteiger partial charge >= 0.3 is 0 Å². The van der Waals surface area contributed by atoms with Crippen molar-refractivity contribution in [3.63, 3.8) is 0 Å². The molecule has 1 aromatic rings. The van der Waals surface area contributed by atoms with Gasteiger partial charge in [-0.15, -0.1) is 5.92 Å². The normalized spacial score (nSPS) is 9.44. The molecule has 0 aliphatic rings. The molecule has 1 aromatic carbocycles. The summed E-state index contributed by atoms with van der Waals surface area (Å²) in [5, 5.41) is 0. The first kappa shape index (κ1) is 14.3. The molecule has 2 heteroatoms. The highest BCUT2D eigenvalue weighted by Crippen LogP contribution is 2.18. The van der Waals surface area contributed by atoms with E-state index in [1.165, 1.54) is 6.42 Å². The van der Waals surface area contributed by atoms with Crippen LogP contribution in [0.1, 0.15) is 48.5 Å². The summed E-state index contributed by atoms with van der Waals surface area (Å²) in [6.07, 6.45) is 4.87. The maximum absolute atomic E-state index is 10.7. The fourth-order valence-corrected chi connectivity index (χ4v) is 1.50. The minimum absolute atomic E-state index is 0.572. The number of carbonyl (C=O) groups is 1. The van der Waals surface area contributed by atoms with E-state index in [2.05, 4.69) is 18.8 Å². The Morgan fingerprint density at radius 2 is 2.06 bits per heavy atom. The average Bonchev–Trinajstić information content (AvgIpc) is 2.39. The Hall–Kier alpha value is -1.75. The van der Waals surface area contributed by atoms with Crippen molar-refractivity contribution in [2.24, 2.45) is 0 Å². The van der Waals surface area contributed by atoms with Gasteiger partial charge in [-0.2, -0.15) is 0 Å². The fourth-order valence-electron chi connectivity index (χ4n) is 1.50. The van der Waals surface area contributed by atoms with Gasteiger partial charge in [0.25, 0.3) is 0 Å². The van der Waals surface area contributed by atoms with E-state index in [9.17, 15) is 4.79 Å². The van der Waals surface area contributed by atoms with Gasteiger partial charge in [-0.1, -0.05) is 31.4 Å². The number of ether oxygens (including phenoxy) is 1. The Morgan fingerprint density at radius 3 is 2.78 bits per heavy atom. The van der Waals surface area contributed by atoms with Crippen molar-refractivity contribution >= 4 is 6.29 Å². The van der Waals surface area contributed by atoms with Gasteiger partial charge < -0.3 is 4.74 Å². The molecule has 0 heterocycles. The zero-order valence-electron chi connectivity index (χ0n) is 11.2. The van der Waals surface area contributed by atoms with E-state index >= 15 is 0 Å². The summed E-state index contributed by atoms with van der Waals surface area (Å²) in [5.41, 5.74) is 1.68. The van der Waals surface area contributed by atoms with Crippen LogP contribution in [0.4, 0.5) is 0 Å². The molecule has 0 fully saturated rings. The van der Waals surface area contributed by atoms with E-state index in [1.807, 2.05) is 13.0 Å². The molecule has 0 N–H and O–H groups in total. The van der Waals surface area contributed by atoms with Crippen LogP contribution in [-0.4, -0.2) is 12.9 Å². The summed E-state index contributed by atoms with van der Waals surface area (Å²) in [7, 11) is 0. The SMILES string of the molecule is CCCCC#CCCOc1cc(C=O)ccc1C. The van der Waals surface area contributed by atoms with Crippen LogP contribution < -0.4 is 4.74 Å². The first-order valence-corrected chi connectivity index (χ1v) is 6.42. The average molecular weight is 244 g/mol. The first-order valence-electron chi connectivity index (χ1n) is 6.42. The fraction of sp³-hybridized carbons (Fsp3) is 0.438. The highest BCUT2D eigenvalue weighted by atomic mass is 16.5. The molecule has 0 atom stereocenters. The van der Waals surface area contributed by atoms with Crippen LogP contribution in [-0.2, 0) is 0 Å². The van der Waals surface area contributed by atoms with Crippen molar-refractivity contribution < 1.29 is 9.53 Å². The summed E-state index contributed by atoms with van der Waals surface area (Å²) in [6, 6.07) is 5.46. The van der Waals surface area contributed by atoms with Gasteiger partial charge in [-0.25, -0.2) is 0 Å². The van der Waals surface area contributed by atoms with Crippen molar-refractivity contribution in [3.8, 4) is 17.6 Å². The van der Waals surface area contributed by atoms with Crippen LogP contribution in [0.25, 0.3) is 0 Å². The molecule has 0 aromatic heterocycles. The second-order valence-electron chi connectivity index (χ2n) is 4.20. The maximum Gasteiger partial charge on any atom is 0.150 e. The molecule has 0 radical (unpaired) electrons. The molecular weight excluding hydrogens is 224 g/mol. The topological polar surface area (TPSA) is 26.3 Å². The van der Waals surface area contributed by atoms with Crippen molar-refractivity contribution in [2.75, 3.05) is 6.61 Å². The zero-order chi connectivity index (χ0) is 13.2. The van der Waals surface area contributed by atoms with Crippen LogP contribution in [0.15, 0.2) is 18.2 Å². The highest BCUT2D eigenvalue weighted by molar-refractivity contribution is 5.75. The molecule has 0 unspecified atom stereocenters. The molecule has 0 bridgehead atoms. The number of rotatable bonds is 6. The van der Waals surface area contributed by atoms with Gasteiger partial charge in [-0.3, -0.25) is 4.79 Å². The third-order valence-electron chi connectivity index (χ3n) is 2.61. The second-order valence-corrected chi connectivity index (χ2v) is 4.20. The van der Waals surface area contributed by atoms with Crippen LogP contribution in [0, 0.1) is 18.8 Å². The minimum Gasteiger partial charge on any atom is -0.492 e. The Morgan fingerprint density at radius 1 is 1.28 bits per heavy atom. The Balaban J connectivity index is 2.38. The van der Waals surface area contributed by atoms with Gasteiger partial charge in [0.1, 0.15) is 12.0 Å². The van der Waals surface area contributed by atoms with E-state index < -0.39 is 0 Å². The van der Waals surface area contributed by atoms with Crippen molar-refractivity contribution in [2.45, 2.75) is 39.5 Å². The molecule has 0 spiro atoms. The molecule has 0 saturated heterocycles. The standard InChI is InChI=1S/C16H20O2/c1-3-4-5-6-7-8-11-18-16-12-15(13-17)10-9-14(16)2/h9-10,12-13H,3-5,8,11H2,1-2H3. The summed E-state index contributed by atoms with van der Waals surface area (Å²) < 4.78 is 5.62. The Bertz CT molecular complexity index is 438. The van der Waals surface area contributed by atoms with Gasteiger partial charge in [0.15, 0.2) is 0 Å². The zero-order valence-corrected chi connectivity index (χ0v) is 11.2. The number of hydrogen-bond donors (Lipinski definition) is 0. The molecule has 0 aliphatic carbocycles. The van der Waals surface area contributed by atoms with Gasteiger partial charge in [0, 0.05) is 18.4 Å². The summed E-state index contributed by atoms with van der Waals surface area (Å²) in [4.78, 5) is 10.7. The lowest BCUT2D eigenvalue weighted by Gasteiger charge is -2.07. The monoisotopic (exact) mass is 244 g/mol. The van der Waals surface area contributed by atoms with E-state index in [4.69, 9.17) is 4.74 Å². The lowest BCUT2D eigenvalue weighted by atomic mass is 10.1. The van der Waals surface area contributed by atoms with Crippen molar-refractivity contribution in [1.82, 2.24) is 0 Å². The van der Waals surface area contributed by atoms with Crippen molar-refractivity contribution in [1.29, 1.82) is 0 Å². The van der Waals surface area contributed by atoms with E-state index in [0.29, 0.717) is 12.2 Å². The Labute approximate surface area is 109 Å².